The molecular formula is C14H11NO2. The van der Waals surface area contributed by atoms with Gasteiger partial charge in [-0.1, -0.05) is 18.2 Å². The zero-order valence-corrected chi connectivity index (χ0v) is 9.36. The van der Waals surface area contributed by atoms with Crippen LogP contribution in [0.1, 0.15) is 17.3 Å². The molecule has 2 aromatic rings. The zero-order chi connectivity index (χ0) is 11.8. The van der Waals surface area contributed by atoms with Crippen LogP contribution in [0.3, 0.4) is 0 Å². The highest BCUT2D eigenvalue weighted by molar-refractivity contribution is 5.99. The first-order valence-corrected chi connectivity index (χ1v) is 5.43. The molecule has 3 rings (SSSR count). The molecule has 1 heterocycles. The molecule has 2 aromatic carbocycles. The highest BCUT2D eigenvalue weighted by Crippen LogP contribution is 2.43. The Bertz CT molecular complexity index is 605. The minimum absolute atomic E-state index is 0.00281. The quantitative estimate of drug-likeness (QED) is 0.641. The Morgan fingerprint density at radius 2 is 1.82 bits per heavy atom. The normalized spacial score (nSPS) is 11.8. The summed E-state index contributed by atoms with van der Waals surface area (Å²) >= 11 is 0. The van der Waals surface area contributed by atoms with Crippen LogP contribution in [0, 0.1) is 0 Å². The molecule has 1 aliphatic rings. The van der Waals surface area contributed by atoms with Crippen LogP contribution in [-0.2, 0) is 0 Å². The molecule has 3 heteroatoms. The molecular weight excluding hydrogens is 214 g/mol. The van der Waals surface area contributed by atoms with Crippen LogP contribution in [-0.4, -0.2) is 5.78 Å². The fourth-order valence-electron chi connectivity index (χ4n) is 1.94. The number of carbonyl (C=O) groups excluding carboxylic acids is 1. The maximum Gasteiger partial charge on any atom is 0.163 e. The van der Waals surface area contributed by atoms with Gasteiger partial charge in [0.2, 0.25) is 0 Å². The third kappa shape index (κ3) is 1.56. The molecule has 17 heavy (non-hydrogen) atoms. The van der Waals surface area contributed by atoms with Gasteiger partial charge in [-0.25, -0.2) is 0 Å². The summed E-state index contributed by atoms with van der Waals surface area (Å²) in [4.78, 5) is 11.5. The second-order valence-electron chi connectivity index (χ2n) is 3.96. The maximum atomic E-state index is 11.5. The number of rotatable bonds is 1. The summed E-state index contributed by atoms with van der Waals surface area (Å²) in [6.45, 7) is 1.54. The van der Waals surface area contributed by atoms with E-state index in [1.54, 1.807) is 13.0 Å². The van der Waals surface area contributed by atoms with Crippen LogP contribution in [0.5, 0.6) is 11.5 Å². The molecule has 0 aromatic heterocycles. The van der Waals surface area contributed by atoms with Crippen molar-refractivity contribution >= 4 is 17.2 Å². The minimum atomic E-state index is 0.00281. The van der Waals surface area contributed by atoms with Gasteiger partial charge in [-0.05, 0) is 31.2 Å². The van der Waals surface area contributed by atoms with Crippen LogP contribution in [0.4, 0.5) is 11.4 Å². The first-order valence-electron chi connectivity index (χ1n) is 5.43. The lowest BCUT2D eigenvalue weighted by Crippen LogP contribution is -2.06. The summed E-state index contributed by atoms with van der Waals surface area (Å²) in [6.07, 6.45) is 0. The number of fused-ring (bicyclic) bond motifs is 2. The topological polar surface area (TPSA) is 38.3 Å². The SMILES string of the molecule is CC(=O)c1cccc2c1Oc1ccccc1N2. The van der Waals surface area contributed by atoms with Gasteiger partial charge in [0.1, 0.15) is 0 Å². The van der Waals surface area contributed by atoms with E-state index in [1.807, 2.05) is 36.4 Å². The molecule has 84 valence electrons. The van der Waals surface area contributed by atoms with Crippen molar-refractivity contribution in [1.29, 1.82) is 0 Å². The van der Waals surface area contributed by atoms with Crippen molar-refractivity contribution in [3.63, 3.8) is 0 Å². The summed E-state index contributed by atoms with van der Waals surface area (Å²) in [7, 11) is 0. The highest BCUT2D eigenvalue weighted by Gasteiger charge is 2.20. The molecule has 0 saturated carbocycles. The fourth-order valence-corrected chi connectivity index (χ4v) is 1.94. The molecule has 0 atom stereocenters. The Kier molecular flexibility index (Phi) is 2.11. The molecule has 0 unspecified atom stereocenters. The van der Waals surface area contributed by atoms with E-state index in [-0.39, 0.29) is 5.78 Å². The van der Waals surface area contributed by atoms with E-state index in [9.17, 15) is 4.79 Å². The van der Waals surface area contributed by atoms with Crippen LogP contribution in [0.15, 0.2) is 42.5 Å². The van der Waals surface area contributed by atoms with E-state index in [1.165, 1.54) is 0 Å². The fraction of sp³-hybridized carbons (Fsp3) is 0.0714. The predicted molar refractivity (Wildman–Crippen MR) is 66.2 cm³/mol. The van der Waals surface area contributed by atoms with Crippen molar-refractivity contribution in [2.75, 3.05) is 5.32 Å². The van der Waals surface area contributed by atoms with Crippen LogP contribution < -0.4 is 10.1 Å². The standard InChI is InChI=1S/C14H11NO2/c1-9(16)10-5-4-7-12-14(10)17-13-8-3-2-6-11(13)15-12/h2-8,15H,1H3. The van der Waals surface area contributed by atoms with Gasteiger partial charge in [0.15, 0.2) is 17.3 Å². The van der Waals surface area contributed by atoms with E-state index >= 15 is 0 Å². The van der Waals surface area contributed by atoms with Crippen molar-refractivity contribution in [2.45, 2.75) is 6.92 Å². The van der Waals surface area contributed by atoms with Gasteiger partial charge < -0.3 is 10.1 Å². The summed E-state index contributed by atoms with van der Waals surface area (Å²) < 4.78 is 5.79. The minimum Gasteiger partial charge on any atom is -0.452 e. The molecule has 0 radical (unpaired) electrons. The van der Waals surface area contributed by atoms with E-state index in [4.69, 9.17) is 4.74 Å². The zero-order valence-electron chi connectivity index (χ0n) is 9.36. The third-order valence-corrected chi connectivity index (χ3v) is 2.76. The van der Waals surface area contributed by atoms with Crippen molar-refractivity contribution in [3.05, 3.63) is 48.0 Å². The molecule has 0 bridgehead atoms. The van der Waals surface area contributed by atoms with E-state index in [2.05, 4.69) is 5.32 Å². The van der Waals surface area contributed by atoms with Crippen molar-refractivity contribution in [3.8, 4) is 11.5 Å². The molecule has 0 spiro atoms. The number of Topliss-reactive ketones (excluding diaryl/α,β-unsaturated/α-hetero) is 1. The Labute approximate surface area is 99.0 Å². The molecule has 0 fully saturated rings. The summed E-state index contributed by atoms with van der Waals surface area (Å²) in [5.74, 6) is 1.36. The lowest BCUT2D eigenvalue weighted by atomic mass is 10.1. The number of carbonyl (C=O) groups is 1. The van der Waals surface area contributed by atoms with Crippen molar-refractivity contribution in [1.82, 2.24) is 0 Å². The number of para-hydroxylation sites is 3. The van der Waals surface area contributed by atoms with Gasteiger partial charge >= 0.3 is 0 Å². The Morgan fingerprint density at radius 3 is 2.65 bits per heavy atom. The number of ether oxygens (including phenoxy) is 1. The molecule has 0 saturated heterocycles. The van der Waals surface area contributed by atoms with Crippen molar-refractivity contribution < 1.29 is 9.53 Å². The first-order chi connectivity index (χ1) is 8.25. The van der Waals surface area contributed by atoms with E-state index in [0.717, 1.165) is 17.1 Å². The molecule has 1 aliphatic heterocycles. The number of hydrogen-bond acceptors (Lipinski definition) is 3. The maximum absolute atomic E-state index is 11.5. The molecule has 3 nitrogen and oxygen atoms in total. The second kappa shape index (κ2) is 3.63. The Balaban J connectivity index is 2.15. The van der Waals surface area contributed by atoms with Crippen LogP contribution in [0.25, 0.3) is 0 Å². The van der Waals surface area contributed by atoms with Gasteiger partial charge in [-0.2, -0.15) is 0 Å². The van der Waals surface area contributed by atoms with Gasteiger partial charge in [-0.3, -0.25) is 4.79 Å². The second-order valence-corrected chi connectivity index (χ2v) is 3.96. The van der Waals surface area contributed by atoms with Crippen LogP contribution >= 0.6 is 0 Å². The number of nitrogens with one attached hydrogen (secondary N) is 1. The number of ketones is 1. The Hall–Kier alpha value is -2.29. The van der Waals surface area contributed by atoms with E-state index in [0.29, 0.717) is 11.3 Å². The lowest BCUT2D eigenvalue weighted by Gasteiger charge is -2.23. The number of anilines is 2. The highest BCUT2D eigenvalue weighted by atomic mass is 16.5. The predicted octanol–water partition coefficient (Wildman–Crippen LogP) is 3.74. The van der Waals surface area contributed by atoms with Crippen molar-refractivity contribution in [2.24, 2.45) is 0 Å². The van der Waals surface area contributed by atoms with Gasteiger partial charge in [-0.15, -0.1) is 0 Å². The smallest absolute Gasteiger partial charge is 0.163 e. The average molecular weight is 225 g/mol. The van der Waals surface area contributed by atoms with E-state index < -0.39 is 0 Å². The van der Waals surface area contributed by atoms with Gasteiger partial charge in [0, 0.05) is 0 Å². The number of hydrogen-bond donors (Lipinski definition) is 1. The van der Waals surface area contributed by atoms with Gasteiger partial charge in [0.25, 0.3) is 0 Å². The molecule has 0 aliphatic carbocycles. The van der Waals surface area contributed by atoms with Gasteiger partial charge in [0.05, 0.1) is 16.9 Å². The Morgan fingerprint density at radius 1 is 1.06 bits per heavy atom. The molecule has 1 N–H and O–H groups in total. The average Bonchev–Trinajstić information content (AvgIpc) is 2.35. The molecule has 0 amide bonds. The van der Waals surface area contributed by atoms with Crippen LogP contribution in [0.2, 0.25) is 0 Å². The number of benzene rings is 2. The third-order valence-electron chi connectivity index (χ3n) is 2.76. The lowest BCUT2D eigenvalue weighted by molar-refractivity contribution is 0.101. The largest absolute Gasteiger partial charge is 0.452 e. The monoisotopic (exact) mass is 225 g/mol. The summed E-state index contributed by atoms with van der Waals surface area (Å²) in [5, 5.41) is 3.26. The first kappa shape index (κ1) is 9.90. The summed E-state index contributed by atoms with van der Waals surface area (Å²) in [5.41, 5.74) is 2.35. The summed E-state index contributed by atoms with van der Waals surface area (Å²) in [6, 6.07) is 13.2.